The Morgan fingerprint density at radius 2 is 1.94 bits per heavy atom. The van der Waals surface area contributed by atoms with Gasteiger partial charge in [-0.3, -0.25) is 10.1 Å². The summed E-state index contributed by atoms with van der Waals surface area (Å²) in [6.45, 7) is 4.69. The van der Waals surface area contributed by atoms with Gasteiger partial charge >= 0.3 is 0 Å². The molecule has 98 valence electrons. The van der Waals surface area contributed by atoms with Crippen LogP contribution in [0.2, 0.25) is 0 Å². The molecule has 1 heterocycles. The molecule has 1 aliphatic heterocycles. The fraction of sp³-hybridized carbons (Fsp3) is 0.500. The van der Waals surface area contributed by atoms with Gasteiger partial charge in [-0.05, 0) is 31.0 Å². The Morgan fingerprint density at radius 3 is 2.50 bits per heavy atom. The Hall–Kier alpha value is -1.42. The van der Waals surface area contributed by atoms with Crippen LogP contribution < -0.4 is 5.32 Å². The van der Waals surface area contributed by atoms with E-state index in [1.165, 1.54) is 12.1 Å². The van der Waals surface area contributed by atoms with Crippen molar-refractivity contribution in [1.82, 2.24) is 10.2 Å². The second kappa shape index (κ2) is 5.48. The number of halogens is 1. The van der Waals surface area contributed by atoms with Crippen molar-refractivity contribution in [2.45, 2.75) is 38.9 Å². The molecule has 0 bridgehead atoms. The van der Waals surface area contributed by atoms with E-state index in [0.29, 0.717) is 6.54 Å². The summed E-state index contributed by atoms with van der Waals surface area (Å²) in [5, 5.41) is 3.33. The van der Waals surface area contributed by atoms with E-state index in [0.717, 1.165) is 18.4 Å². The van der Waals surface area contributed by atoms with E-state index in [-0.39, 0.29) is 23.9 Å². The SMILES string of the molecule is CCCC1NC(c2ccc(F)cc2)N(CC)C1=O. The van der Waals surface area contributed by atoms with Crippen molar-refractivity contribution < 1.29 is 9.18 Å². The van der Waals surface area contributed by atoms with Crippen molar-refractivity contribution in [1.29, 1.82) is 0 Å². The lowest BCUT2D eigenvalue weighted by Gasteiger charge is -2.22. The Labute approximate surface area is 107 Å². The van der Waals surface area contributed by atoms with Gasteiger partial charge in [-0.15, -0.1) is 0 Å². The second-order valence-electron chi connectivity index (χ2n) is 4.59. The second-order valence-corrected chi connectivity index (χ2v) is 4.59. The van der Waals surface area contributed by atoms with Crippen molar-refractivity contribution in [3.8, 4) is 0 Å². The van der Waals surface area contributed by atoms with Gasteiger partial charge in [-0.1, -0.05) is 25.5 Å². The minimum Gasteiger partial charge on any atom is -0.322 e. The summed E-state index contributed by atoms with van der Waals surface area (Å²) in [7, 11) is 0. The number of nitrogens with zero attached hydrogens (tertiary/aromatic N) is 1. The van der Waals surface area contributed by atoms with Crippen molar-refractivity contribution in [2.75, 3.05) is 6.54 Å². The number of hydrogen-bond donors (Lipinski definition) is 1. The van der Waals surface area contributed by atoms with Crippen LogP contribution in [0.25, 0.3) is 0 Å². The van der Waals surface area contributed by atoms with Crippen LogP contribution in [0.1, 0.15) is 38.4 Å². The molecule has 0 spiro atoms. The maximum Gasteiger partial charge on any atom is 0.241 e. The highest BCUT2D eigenvalue weighted by molar-refractivity contribution is 5.84. The summed E-state index contributed by atoms with van der Waals surface area (Å²) in [4.78, 5) is 14.0. The highest BCUT2D eigenvalue weighted by Crippen LogP contribution is 2.26. The molecule has 2 atom stereocenters. The molecule has 18 heavy (non-hydrogen) atoms. The lowest BCUT2D eigenvalue weighted by Crippen LogP contribution is -2.30. The molecule has 0 aromatic heterocycles. The lowest BCUT2D eigenvalue weighted by molar-refractivity contribution is -0.130. The molecule has 1 saturated heterocycles. The molecule has 0 aliphatic carbocycles. The first-order valence-corrected chi connectivity index (χ1v) is 6.49. The predicted molar refractivity (Wildman–Crippen MR) is 68.4 cm³/mol. The average molecular weight is 250 g/mol. The van der Waals surface area contributed by atoms with Crippen LogP contribution in [0.4, 0.5) is 4.39 Å². The summed E-state index contributed by atoms with van der Waals surface area (Å²) in [6, 6.07) is 6.23. The molecule has 1 aromatic rings. The van der Waals surface area contributed by atoms with Crippen LogP contribution in [-0.2, 0) is 4.79 Å². The minimum atomic E-state index is -0.253. The largest absolute Gasteiger partial charge is 0.322 e. The molecule has 0 saturated carbocycles. The monoisotopic (exact) mass is 250 g/mol. The first kappa shape index (κ1) is 13.0. The van der Waals surface area contributed by atoms with Crippen LogP contribution in [0.5, 0.6) is 0 Å². The highest BCUT2D eigenvalue weighted by Gasteiger charge is 2.37. The van der Waals surface area contributed by atoms with Gasteiger partial charge in [0, 0.05) is 6.54 Å². The summed E-state index contributed by atoms with van der Waals surface area (Å²) in [5.41, 5.74) is 0.935. The number of amides is 1. The van der Waals surface area contributed by atoms with E-state index in [1.54, 1.807) is 12.1 Å². The van der Waals surface area contributed by atoms with E-state index in [2.05, 4.69) is 12.2 Å². The Morgan fingerprint density at radius 1 is 1.28 bits per heavy atom. The maximum absolute atomic E-state index is 12.9. The number of carbonyl (C=O) groups is 1. The topological polar surface area (TPSA) is 32.3 Å². The van der Waals surface area contributed by atoms with Gasteiger partial charge in [0.2, 0.25) is 5.91 Å². The summed E-state index contributed by atoms with van der Waals surface area (Å²) in [6.07, 6.45) is 1.68. The molecular formula is C14H19FN2O. The zero-order chi connectivity index (χ0) is 13.1. The quantitative estimate of drug-likeness (QED) is 0.890. The molecule has 4 heteroatoms. The third kappa shape index (κ3) is 2.38. The highest BCUT2D eigenvalue weighted by atomic mass is 19.1. The first-order chi connectivity index (χ1) is 8.67. The zero-order valence-electron chi connectivity index (χ0n) is 10.8. The van der Waals surface area contributed by atoms with Crippen molar-refractivity contribution in [2.24, 2.45) is 0 Å². The summed E-state index contributed by atoms with van der Waals surface area (Å²) in [5.74, 6) is -0.107. The van der Waals surface area contributed by atoms with E-state index in [9.17, 15) is 9.18 Å². The number of nitrogens with one attached hydrogen (secondary N) is 1. The van der Waals surface area contributed by atoms with Gasteiger partial charge in [-0.25, -0.2) is 4.39 Å². The smallest absolute Gasteiger partial charge is 0.241 e. The van der Waals surface area contributed by atoms with E-state index in [1.807, 2.05) is 11.8 Å². The van der Waals surface area contributed by atoms with Gasteiger partial charge in [-0.2, -0.15) is 0 Å². The van der Waals surface area contributed by atoms with E-state index in [4.69, 9.17) is 0 Å². The standard InChI is InChI=1S/C14H19FN2O/c1-3-5-12-14(18)17(4-2)13(16-12)10-6-8-11(15)9-7-10/h6-9,12-13,16H,3-5H2,1-2H3. The summed E-state index contributed by atoms with van der Waals surface area (Å²) >= 11 is 0. The molecule has 1 fully saturated rings. The van der Waals surface area contributed by atoms with Crippen LogP contribution in [0.3, 0.4) is 0 Å². The van der Waals surface area contributed by atoms with Gasteiger partial charge in [0.15, 0.2) is 0 Å². The molecule has 2 unspecified atom stereocenters. The number of carbonyl (C=O) groups excluding carboxylic acids is 1. The van der Waals surface area contributed by atoms with Gasteiger partial charge in [0.1, 0.15) is 12.0 Å². The van der Waals surface area contributed by atoms with Crippen molar-refractivity contribution in [3.05, 3.63) is 35.6 Å². The van der Waals surface area contributed by atoms with E-state index < -0.39 is 0 Å². The zero-order valence-corrected chi connectivity index (χ0v) is 10.8. The number of rotatable bonds is 4. The van der Waals surface area contributed by atoms with E-state index >= 15 is 0 Å². The van der Waals surface area contributed by atoms with Crippen LogP contribution >= 0.6 is 0 Å². The molecule has 0 radical (unpaired) electrons. The third-order valence-corrected chi connectivity index (χ3v) is 3.36. The molecule has 2 rings (SSSR count). The van der Waals surface area contributed by atoms with Gasteiger partial charge in [0.25, 0.3) is 0 Å². The lowest BCUT2D eigenvalue weighted by atomic mass is 10.1. The number of benzene rings is 1. The molecule has 1 aromatic carbocycles. The maximum atomic E-state index is 12.9. The molecule has 1 aliphatic rings. The predicted octanol–water partition coefficient (Wildman–Crippen LogP) is 2.44. The number of hydrogen-bond acceptors (Lipinski definition) is 2. The van der Waals surface area contributed by atoms with Crippen LogP contribution in [0.15, 0.2) is 24.3 Å². The Kier molecular flexibility index (Phi) is 3.97. The molecule has 3 nitrogen and oxygen atoms in total. The minimum absolute atomic E-state index is 0.106. The molecule has 1 amide bonds. The Balaban J connectivity index is 2.21. The van der Waals surface area contributed by atoms with Crippen molar-refractivity contribution in [3.63, 3.8) is 0 Å². The molecular weight excluding hydrogens is 231 g/mol. The fourth-order valence-electron chi connectivity index (χ4n) is 2.43. The summed E-state index contributed by atoms with van der Waals surface area (Å²) < 4.78 is 12.9. The van der Waals surface area contributed by atoms with Crippen LogP contribution in [0, 0.1) is 5.82 Å². The average Bonchev–Trinajstić information content (AvgIpc) is 2.68. The Bertz CT molecular complexity index is 418. The normalized spacial score (nSPS) is 23.7. The fourth-order valence-corrected chi connectivity index (χ4v) is 2.43. The number of likely N-dealkylation sites (N-methyl/N-ethyl adjacent to an activating group) is 1. The third-order valence-electron chi connectivity index (χ3n) is 3.36. The van der Waals surface area contributed by atoms with Crippen molar-refractivity contribution >= 4 is 5.91 Å². The molecule has 1 N–H and O–H groups in total. The van der Waals surface area contributed by atoms with Gasteiger partial charge in [0.05, 0.1) is 6.04 Å². The van der Waals surface area contributed by atoms with Gasteiger partial charge < -0.3 is 4.90 Å². The van der Waals surface area contributed by atoms with Crippen LogP contribution in [-0.4, -0.2) is 23.4 Å². The first-order valence-electron chi connectivity index (χ1n) is 6.49.